The number of carbonyl (C=O) groups is 1. The maximum absolute atomic E-state index is 10.9. The fourth-order valence-electron chi connectivity index (χ4n) is 1.87. The molecule has 0 aliphatic rings. The highest BCUT2D eigenvalue weighted by Gasteiger charge is 2.14. The van der Waals surface area contributed by atoms with Gasteiger partial charge in [-0.2, -0.15) is 0 Å². The molecule has 0 radical (unpaired) electrons. The van der Waals surface area contributed by atoms with Crippen LogP contribution in [0.4, 0.5) is 0 Å². The summed E-state index contributed by atoms with van der Waals surface area (Å²) in [5.74, 6) is 0.458. The molecule has 0 aliphatic heterocycles. The second-order valence-corrected chi connectivity index (χ2v) is 5.62. The van der Waals surface area contributed by atoms with Crippen molar-refractivity contribution in [2.75, 3.05) is 19.8 Å². The topological polar surface area (TPSA) is 93.8 Å². The fraction of sp³-hybridized carbons (Fsp3) is 0.533. The minimum atomic E-state index is -0.547. The van der Waals surface area contributed by atoms with E-state index < -0.39 is 5.91 Å². The van der Waals surface area contributed by atoms with Crippen LogP contribution >= 0.6 is 15.9 Å². The van der Waals surface area contributed by atoms with Crippen molar-refractivity contribution in [1.29, 1.82) is 0 Å². The van der Waals surface area contributed by atoms with Crippen LogP contribution in [-0.4, -0.2) is 36.9 Å². The van der Waals surface area contributed by atoms with E-state index in [0.29, 0.717) is 29.1 Å². The van der Waals surface area contributed by atoms with Crippen LogP contribution < -0.4 is 20.5 Å². The van der Waals surface area contributed by atoms with Crippen molar-refractivity contribution in [3.63, 3.8) is 0 Å². The van der Waals surface area contributed by atoms with E-state index in [4.69, 9.17) is 15.2 Å². The van der Waals surface area contributed by atoms with Crippen LogP contribution in [-0.2, 0) is 11.3 Å². The van der Waals surface area contributed by atoms with Crippen molar-refractivity contribution in [3.05, 3.63) is 22.2 Å². The van der Waals surface area contributed by atoms with Gasteiger partial charge in [0.25, 0.3) is 5.91 Å². The molecule has 1 rings (SSSR count). The molecule has 4 N–H and O–H groups in total. The predicted octanol–water partition coefficient (Wildman–Crippen LogP) is 1.57. The van der Waals surface area contributed by atoms with Gasteiger partial charge >= 0.3 is 0 Å². The lowest BCUT2D eigenvalue weighted by molar-refractivity contribution is -0.119. The largest absolute Gasteiger partial charge is 0.490 e. The van der Waals surface area contributed by atoms with E-state index in [0.717, 1.165) is 12.0 Å². The molecular weight excluding hydrogens is 352 g/mol. The van der Waals surface area contributed by atoms with E-state index >= 15 is 0 Å². The zero-order valence-electron chi connectivity index (χ0n) is 12.9. The van der Waals surface area contributed by atoms with Gasteiger partial charge in [0.15, 0.2) is 18.1 Å². The van der Waals surface area contributed by atoms with Gasteiger partial charge in [-0.3, -0.25) is 4.79 Å². The number of carbonyl (C=O) groups excluding carboxylic acids is 1. The molecule has 0 heterocycles. The van der Waals surface area contributed by atoms with Crippen LogP contribution in [0.3, 0.4) is 0 Å². The van der Waals surface area contributed by atoms with E-state index in [9.17, 15) is 9.90 Å². The minimum Gasteiger partial charge on any atom is -0.490 e. The first-order valence-electron chi connectivity index (χ1n) is 7.22. The number of ether oxygens (including phenoxy) is 2. The van der Waals surface area contributed by atoms with Crippen LogP contribution in [0.15, 0.2) is 16.6 Å². The van der Waals surface area contributed by atoms with Crippen LogP contribution in [0.5, 0.6) is 11.5 Å². The van der Waals surface area contributed by atoms with Crippen LogP contribution in [0.2, 0.25) is 0 Å². The highest BCUT2D eigenvalue weighted by Crippen LogP contribution is 2.37. The Balaban J connectivity index is 2.90. The molecule has 0 saturated carbocycles. The average molecular weight is 375 g/mol. The highest BCUT2D eigenvalue weighted by molar-refractivity contribution is 9.10. The third-order valence-corrected chi connectivity index (χ3v) is 3.63. The van der Waals surface area contributed by atoms with Gasteiger partial charge in [0.2, 0.25) is 0 Å². The molecule has 22 heavy (non-hydrogen) atoms. The molecule has 7 heteroatoms. The van der Waals surface area contributed by atoms with Crippen LogP contribution in [0.1, 0.15) is 25.8 Å². The summed E-state index contributed by atoms with van der Waals surface area (Å²) in [6, 6.07) is 3.79. The fourth-order valence-corrected chi connectivity index (χ4v) is 2.47. The van der Waals surface area contributed by atoms with Gasteiger partial charge < -0.3 is 25.6 Å². The Morgan fingerprint density at radius 3 is 2.68 bits per heavy atom. The van der Waals surface area contributed by atoms with E-state index in [2.05, 4.69) is 21.2 Å². The quantitative estimate of drug-likeness (QED) is 0.577. The third-order valence-electron chi connectivity index (χ3n) is 3.04. The minimum absolute atomic E-state index is 0.0557. The molecule has 1 amide bonds. The Bertz CT molecular complexity index is 493. The Labute approximate surface area is 139 Å². The third kappa shape index (κ3) is 5.82. The molecule has 0 spiro atoms. The van der Waals surface area contributed by atoms with E-state index in [-0.39, 0.29) is 19.3 Å². The first-order chi connectivity index (χ1) is 10.5. The number of rotatable bonds is 10. The number of hydrogen-bond acceptors (Lipinski definition) is 5. The predicted molar refractivity (Wildman–Crippen MR) is 88.0 cm³/mol. The summed E-state index contributed by atoms with van der Waals surface area (Å²) in [4.78, 5) is 10.9. The van der Waals surface area contributed by atoms with Gasteiger partial charge in [0, 0.05) is 12.6 Å². The molecule has 0 aliphatic carbocycles. The first kappa shape index (κ1) is 18.7. The second kappa shape index (κ2) is 9.66. The number of nitrogens with two attached hydrogens (primary N) is 1. The normalized spacial score (nSPS) is 12.0. The standard InChI is InChI=1S/C15H23BrN2O4/c1-3-11(8-19)18-7-10-5-12(16)15(22-9-14(17)20)13(6-10)21-4-2/h5-6,11,18-19H,3-4,7-9H2,1-2H3,(H2,17,20)/t11-/m0/s1. The zero-order valence-corrected chi connectivity index (χ0v) is 14.5. The average Bonchev–Trinajstić information content (AvgIpc) is 2.47. The summed E-state index contributed by atoms with van der Waals surface area (Å²) >= 11 is 3.43. The molecule has 1 aromatic rings. The number of aliphatic hydroxyl groups excluding tert-OH is 1. The number of nitrogens with one attached hydrogen (secondary N) is 1. The lowest BCUT2D eigenvalue weighted by Gasteiger charge is -2.17. The first-order valence-corrected chi connectivity index (χ1v) is 8.01. The summed E-state index contributed by atoms with van der Waals surface area (Å²) in [6.45, 7) is 4.83. The van der Waals surface area contributed by atoms with Crippen molar-refractivity contribution < 1.29 is 19.4 Å². The molecular formula is C15H23BrN2O4. The molecule has 0 bridgehead atoms. The summed E-state index contributed by atoms with van der Waals surface area (Å²) in [5, 5.41) is 12.5. The lowest BCUT2D eigenvalue weighted by Crippen LogP contribution is -2.31. The number of amides is 1. The monoisotopic (exact) mass is 374 g/mol. The van der Waals surface area contributed by atoms with Gasteiger partial charge in [-0.25, -0.2) is 0 Å². The lowest BCUT2D eigenvalue weighted by atomic mass is 10.1. The van der Waals surface area contributed by atoms with Crippen LogP contribution in [0.25, 0.3) is 0 Å². The Hall–Kier alpha value is -1.31. The summed E-state index contributed by atoms with van der Waals surface area (Å²) in [5.41, 5.74) is 6.08. The maximum Gasteiger partial charge on any atom is 0.255 e. The zero-order chi connectivity index (χ0) is 16.5. The van der Waals surface area contributed by atoms with Crippen molar-refractivity contribution in [1.82, 2.24) is 5.32 Å². The number of hydrogen-bond donors (Lipinski definition) is 3. The Kier molecular flexibility index (Phi) is 8.22. The molecule has 124 valence electrons. The maximum atomic E-state index is 10.9. The van der Waals surface area contributed by atoms with Gasteiger partial charge in [-0.1, -0.05) is 6.92 Å². The molecule has 1 aromatic carbocycles. The molecule has 6 nitrogen and oxygen atoms in total. The van der Waals surface area contributed by atoms with Crippen molar-refractivity contribution in [2.45, 2.75) is 32.9 Å². The van der Waals surface area contributed by atoms with E-state index in [1.54, 1.807) is 0 Å². The highest BCUT2D eigenvalue weighted by atomic mass is 79.9. The second-order valence-electron chi connectivity index (χ2n) is 4.76. The molecule has 1 atom stereocenters. The van der Waals surface area contributed by atoms with Crippen molar-refractivity contribution in [3.8, 4) is 11.5 Å². The number of primary amides is 1. The van der Waals surface area contributed by atoms with Crippen molar-refractivity contribution >= 4 is 21.8 Å². The number of benzene rings is 1. The summed E-state index contributed by atoms with van der Waals surface area (Å²) in [6.07, 6.45) is 0.843. The van der Waals surface area contributed by atoms with Gasteiger partial charge in [-0.15, -0.1) is 0 Å². The van der Waals surface area contributed by atoms with Gasteiger partial charge in [-0.05, 0) is 47.0 Å². The summed E-state index contributed by atoms with van der Waals surface area (Å²) < 4.78 is 11.7. The van der Waals surface area contributed by atoms with Gasteiger partial charge in [0.1, 0.15) is 0 Å². The molecule has 0 aromatic heterocycles. The van der Waals surface area contributed by atoms with Gasteiger partial charge in [0.05, 0.1) is 17.7 Å². The van der Waals surface area contributed by atoms with E-state index in [1.165, 1.54) is 0 Å². The summed E-state index contributed by atoms with van der Waals surface area (Å²) in [7, 11) is 0. The molecule has 0 unspecified atom stereocenters. The Morgan fingerprint density at radius 2 is 2.14 bits per heavy atom. The number of halogens is 1. The molecule has 0 fully saturated rings. The SMILES string of the molecule is CCOc1cc(CN[C@@H](CC)CO)cc(Br)c1OCC(N)=O. The van der Waals surface area contributed by atoms with Crippen molar-refractivity contribution in [2.24, 2.45) is 5.73 Å². The molecule has 0 saturated heterocycles. The Morgan fingerprint density at radius 1 is 1.41 bits per heavy atom. The smallest absolute Gasteiger partial charge is 0.255 e. The van der Waals surface area contributed by atoms with E-state index in [1.807, 2.05) is 26.0 Å². The van der Waals surface area contributed by atoms with Crippen LogP contribution in [0, 0.1) is 0 Å². The number of aliphatic hydroxyl groups is 1.